The molecule has 0 saturated heterocycles. The first-order valence-corrected chi connectivity index (χ1v) is 4.97. The molecule has 0 aliphatic heterocycles. The summed E-state index contributed by atoms with van der Waals surface area (Å²) in [5.74, 6) is 0. The Morgan fingerprint density at radius 2 is 2.50 bits per heavy atom. The zero-order chi connectivity index (χ0) is 7.61. The van der Waals surface area contributed by atoms with Crippen molar-refractivity contribution < 1.29 is 9.46 Å². The van der Waals surface area contributed by atoms with E-state index in [9.17, 15) is 9.46 Å². The van der Waals surface area contributed by atoms with Gasteiger partial charge in [0.05, 0.1) is 5.31 Å². The van der Waals surface area contributed by atoms with Gasteiger partial charge in [0.25, 0.3) is 0 Å². The molecule has 0 fully saturated rings. The van der Waals surface area contributed by atoms with Crippen LogP contribution in [0, 0.1) is 0 Å². The van der Waals surface area contributed by atoms with Gasteiger partial charge in [0, 0.05) is 6.16 Å². The molecule has 1 unspecified atom stereocenters. The molecule has 1 rings (SSSR count). The molecule has 0 radical (unpaired) electrons. The summed E-state index contributed by atoms with van der Waals surface area (Å²) in [6, 6.07) is 0. The number of hydrogen-bond acceptors (Lipinski definition) is 1. The minimum Gasteiger partial charge on any atom is -0.341 e. The summed E-state index contributed by atoms with van der Waals surface area (Å²) in [4.78, 5) is 9.21. The second kappa shape index (κ2) is 2.59. The van der Waals surface area contributed by atoms with E-state index in [2.05, 4.69) is 5.73 Å². The van der Waals surface area contributed by atoms with Gasteiger partial charge in [0.1, 0.15) is 0 Å². The molecule has 0 aromatic rings. The molecule has 0 saturated carbocycles. The predicted molar refractivity (Wildman–Crippen MR) is 41.1 cm³/mol. The fraction of sp³-hybridized carbons (Fsp3) is 0.286. The van der Waals surface area contributed by atoms with Gasteiger partial charge in [0.15, 0.2) is 0 Å². The third kappa shape index (κ3) is 1.30. The maximum atomic E-state index is 11.2. The second-order valence-electron chi connectivity index (χ2n) is 2.07. The molecule has 1 aliphatic carbocycles. The number of allylic oxidation sites excluding steroid dienone is 3. The minimum atomic E-state index is -3.03. The Bertz CT molecular complexity index is 269. The lowest BCUT2D eigenvalue weighted by atomic mass is 10.6. The van der Waals surface area contributed by atoms with Crippen LogP contribution < -0.4 is 0 Å². The van der Waals surface area contributed by atoms with Crippen molar-refractivity contribution in [2.45, 2.75) is 6.92 Å². The molecule has 0 aromatic heterocycles. The molecule has 10 heavy (non-hydrogen) atoms. The van der Waals surface area contributed by atoms with E-state index < -0.39 is 7.37 Å². The average Bonchev–Trinajstić information content (AvgIpc) is 2.38. The highest BCUT2D eigenvalue weighted by Crippen LogP contribution is 2.49. The Kier molecular flexibility index (Phi) is 1.96. The van der Waals surface area contributed by atoms with Crippen molar-refractivity contribution in [1.82, 2.24) is 0 Å². The quantitative estimate of drug-likeness (QED) is 0.489. The highest BCUT2D eigenvalue weighted by atomic mass is 31.2. The van der Waals surface area contributed by atoms with Crippen LogP contribution in [0.4, 0.5) is 0 Å². The van der Waals surface area contributed by atoms with Crippen molar-refractivity contribution in [1.29, 1.82) is 0 Å². The summed E-state index contributed by atoms with van der Waals surface area (Å²) in [6.45, 7) is 1.70. The van der Waals surface area contributed by atoms with Crippen LogP contribution in [0.1, 0.15) is 6.92 Å². The average molecular weight is 156 g/mol. The standard InChI is InChI=1S/C7H9O2P/c1-2-10(8,9)7-5-3-4-6-7/h3-5H,2H2,1H3,(H,8,9). The first-order chi connectivity index (χ1) is 4.67. The van der Waals surface area contributed by atoms with Crippen LogP contribution >= 0.6 is 7.37 Å². The van der Waals surface area contributed by atoms with E-state index in [4.69, 9.17) is 0 Å². The van der Waals surface area contributed by atoms with Gasteiger partial charge in [-0.15, -0.1) is 5.73 Å². The predicted octanol–water partition coefficient (Wildman–Crippen LogP) is 1.89. The highest BCUT2D eigenvalue weighted by Gasteiger charge is 2.19. The Morgan fingerprint density at radius 3 is 2.90 bits per heavy atom. The molecule has 1 aliphatic rings. The largest absolute Gasteiger partial charge is 0.341 e. The van der Waals surface area contributed by atoms with E-state index in [1.54, 1.807) is 25.2 Å². The molecule has 0 aromatic carbocycles. The smallest absolute Gasteiger partial charge is 0.236 e. The van der Waals surface area contributed by atoms with Gasteiger partial charge >= 0.3 is 0 Å². The van der Waals surface area contributed by atoms with Crippen LogP contribution in [0.5, 0.6) is 0 Å². The van der Waals surface area contributed by atoms with Gasteiger partial charge in [-0.05, 0) is 12.2 Å². The molecule has 3 heteroatoms. The minimum absolute atomic E-state index is 0.285. The van der Waals surface area contributed by atoms with E-state index in [0.717, 1.165) is 0 Å². The lowest BCUT2D eigenvalue weighted by Crippen LogP contribution is -1.83. The number of hydrogen-bond donors (Lipinski definition) is 1. The van der Waals surface area contributed by atoms with Gasteiger partial charge in [0.2, 0.25) is 7.37 Å². The zero-order valence-corrected chi connectivity index (χ0v) is 6.64. The summed E-state index contributed by atoms with van der Waals surface area (Å²) in [6.07, 6.45) is 5.28. The summed E-state index contributed by atoms with van der Waals surface area (Å²) < 4.78 is 11.2. The number of rotatable bonds is 2. The second-order valence-corrected chi connectivity index (χ2v) is 4.59. The van der Waals surface area contributed by atoms with E-state index >= 15 is 0 Å². The van der Waals surface area contributed by atoms with E-state index in [1.807, 2.05) is 0 Å². The van der Waals surface area contributed by atoms with E-state index in [0.29, 0.717) is 5.31 Å². The summed E-state index contributed by atoms with van der Waals surface area (Å²) in [5, 5.41) is 0.440. The van der Waals surface area contributed by atoms with Crippen molar-refractivity contribution in [2.24, 2.45) is 0 Å². The van der Waals surface area contributed by atoms with Gasteiger partial charge < -0.3 is 4.89 Å². The fourth-order valence-corrected chi connectivity index (χ4v) is 1.64. The molecule has 0 spiro atoms. The SMILES string of the molecule is CCP(=O)(O)C1=C=CC=C1. The van der Waals surface area contributed by atoms with Crippen molar-refractivity contribution in [2.75, 3.05) is 6.16 Å². The van der Waals surface area contributed by atoms with Crippen LogP contribution in [-0.4, -0.2) is 11.1 Å². The maximum Gasteiger partial charge on any atom is 0.236 e. The Hall–Kier alpha value is -0.550. The van der Waals surface area contributed by atoms with Crippen LogP contribution in [0.15, 0.2) is 29.3 Å². The lowest BCUT2D eigenvalue weighted by molar-refractivity contribution is 0.488. The molecular weight excluding hydrogens is 147 g/mol. The fourth-order valence-electron chi connectivity index (χ4n) is 0.709. The molecular formula is C7H9O2P. The normalized spacial score (nSPS) is 20.8. The molecule has 0 heterocycles. The Balaban J connectivity index is 2.95. The first-order valence-electron chi connectivity index (χ1n) is 3.12. The monoisotopic (exact) mass is 156 g/mol. The van der Waals surface area contributed by atoms with Gasteiger partial charge in [-0.25, -0.2) is 0 Å². The van der Waals surface area contributed by atoms with Crippen LogP contribution in [0.2, 0.25) is 0 Å². The molecule has 0 bridgehead atoms. The molecule has 2 nitrogen and oxygen atoms in total. The van der Waals surface area contributed by atoms with E-state index in [1.165, 1.54) is 0 Å². The third-order valence-electron chi connectivity index (χ3n) is 1.39. The van der Waals surface area contributed by atoms with Gasteiger partial charge in [-0.1, -0.05) is 13.0 Å². The van der Waals surface area contributed by atoms with Crippen LogP contribution in [0.3, 0.4) is 0 Å². The van der Waals surface area contributed by atoms with Gasteiger partial charge in [-0.2, -0.15) is 0 Å². The zero-order valence-electron chi connectivity index (χ0n) is 5.74. The first kappa shape index (κ1) is 7.56. The Labute approximate surface area is 60.0 Å². The van der Waals surface area contributed by atoms with Gasteiger partial charge in [-0.3, -0.25) is 4.57 Å². The molecule has 1 N–H and O–H groups in total. The Morgan fingerprint density at radius 1 is 1.80 bits per heavy atom. The summed E-state index contributed by atoms with van der Waals surface area (Å²) in [5.41, 5.74) is 2.72. The maximum absolute atomic E-state index is 11.2. The molecule has 0 amide bonds. The molecule has 1 atom stereocenters. The van der Waals surface area contributed by atoms with E-state index in [-0.39, 0.29) is 6.16 Å². The highest BCUT2D eigenvalue weighted by molar-refractivity contribution is 7.62. The van der Waals surface area contributed by atoms with Crippen LogP contribution in [0.25, 0.3) is 0 Å². The van der Waals surface area contributed by atoms with Crippen molar-refractivity contribution in [3.8, 4) is 0 Å². The third-order valence-corrected chi connectivity index (χ3v) is 3.27. The summed E-state index contributed by atoms with van der Waals surface area (Å²) >= 11 is 0. The molecule has 54 valence electrons. The van der Waals surface area contributed by atoms with Crippen LogP contribution in [-0.2, 0) is 4.57 Å². The topological polar surface area (TPSA) is 37.3 Å². The van der Waals surface area contributed by atoms with Crippen molar-refractivity contribution in [3.05, 3.63) is 29.3 Å². The van der Waals surface area contributed by atoms with Crippen molar-refractivity contribution >= 4 is 7.37 Å². The lowest BCUT2D eigenvalue weighted by Gasteiger charge is -2.04. The summed E-state index contributed by atoms with van der Waals surface area (Å²) in [7, 11) is -3.03. The van der Waals surface area contributed by atoms with Crippen molar-refractivity contribution in [3.63, 3.8) is 0 Å².